The second-order valence-corrected chi connectivity index (χ2v) is 4.95. The van der Waals surface area contributed by atoms with E-state index in [-0.39, 0.29) is 0 Å². The molecule has 2 heterocycles. The summed E-state index contributed by atoms with van der Waals surface area (Å²) < 4.78 is 0. The molecule has 0 aliphatic carbocycles. The van der Waals surface area contributed by atoms with Gasteiger partial charge in [-0.2, -0.15) is 0 Å². The summed E-state index contributed by atoms with van der Waals surface area (Å²) in [5.74, 6) is 0. The van der Waals surface area contributed by atoms with Crippen LogP contribution in [0.1, 0.15) is 31.2 Å². The summed E-state index contributed by atoms with van der Waals surface area (Å²) in [6.45, 7) is 5.88. The molecule has 1 aliphatic heterocycles. The van der Waals surface area contributed by atoms with Gasteiger partial charge in [-0.25, -0.2) is 0 Å². The predicted molar refractivity (Wildman–Crippen MR) is 75.2 cm³/mol. The third-order valence-corrected chi connectivity index (χ3v) is 3.46. The van der Waals surface area contributed by atoms with Crippen molar-refractivity contribution in [2.45, 2.75) is 32.2 Å². The van der Waals surface area contributed by atoms with Crippen molar-refractivity contribution in [1.29, 1.82) is 0 Å². The maximum absolute atomic E-state index is 4.02. The fraction of sp³-hybridized carbons (Fsp3) is 0.600. The number of nitrogens with zero attached hydrogens (tertiary/aromatic N) is 2. The lowest BCUT2D eigenvalue weighted by molar-refractivity contribution is 0.249. The normalized spacial score (nSPS) is 16.9. The lowest BCUT2D eigenvalue weighted by Crippen LogP contribution is -2.31. The maximum atomic E-state index is 4.02. The average molecular weight is 246 g/mol. The number of pyridine rings is 1. The summed E-state index contributed by atoms with van der Waals surface area (Å²) in [6.07, 6.45) is 11.2. The molecule has 0 aromatic carbocycles. The van der Waals surface area contributed by atoms with Crippen LogP contribution < -0.4 is 5.32 Å². The molecular weight excluding hydrogens is 222 g/mol. The highest BCUT2D eigenvalue weighted by Gasteiger charge is 2.08. The van der Waals surface area contributed by atoms with E-state index in [1.54, 1.807) is 0 Å². The molecular formula is C15H24N3. The number of unbranched alkanes of at least 4 members (excludes halogenated alkanes) is 1. The molecule has 0 spiro atoms. The van der Waals surface area contributed by atoms with Crippen molar-refractivity contribution < 1.29 is 0 Å². The van der Waals surface area contributed by atoms with Gasteiger partial charge < -0.3 is 10.2 Å². The van der Waals surface area contributed by atoms with Gasteiger partial charge in [0.15, 0.2) is 0 Å². The maximum Gasteiger partial charge on any atom is 0.0271 e. The van der Waals surface area contributed by atoms with E-state index in [9.17, 15) is 0 Å². The van der Waals surface area contributed by atoms with Crippen LogP contribution in [0.2, 0.25) is 0 Å². The molecule has 0 unspecified atom stereocenters. The highest BCUT2D eigenvalue weighted by molar-refractivity contribution is 5.08. The van der Waals surface area contributed by atoms with Gasteiger partial charge in [0, 0.05) is 18.9 Å². The lowest BCUT2D eigenvalue weighted by atomic mass is 10.1. The molecule has 1 saturated heterocycles. The van der Waals surface area contributed by atoms with Crippen molar-refractivity contribution in [3.63, 3.8) is 0 Å². The minimum atomic E-state index is 0.960. The van der Waals surface area contributed by atoms with Crippen LogP contribution in [0.15, 0.2) is 24.5 Å². The first kappa shape index (κ1) is 13.5. The fourth-order valence-corrected chi connectivity index (χ4v) is 2.35. The number of rotatable bonds is 7. The zero-order valence-corrected chi connectivity index (χ0v) is 11.1. The summed E-state index contributed by atoms with van der Waals surface area (Å²) in [4.78, 5) is 6.61. The van der Waals surface area contributed by atoms with Crippen LogP contribution in [0.25, 0.3) is 0 Å². The molecule has 3 nitrogen and oxygen atoms in total. The van der Waals surface area contributed by atoms with Crippen molar-refractivity contribution in [3.8, 4) is 0 Å². The van der Waals surface area contributed by atoms with Gasteiger partial charge in [0.1, 0.15) is 0 Å². The third kappa shape index (κ3) is 5.15. The van der Waals surface area contributed by atoms with E-state index in [4.69, 9.17) is 0 Å². The molecule has 1 N–H and O–H groups in total. The number of hydrogen-bond donors (Lipinski definition) is 1. The van der Waals surface area contributed by atoms with Crippen molar-refractivity contribution in [3.05, 3.63) is 36.5 Å². The van der Waals surface area contributed by atoms with Crippen LogP contribution >= 0.6 is 0 Å². The van der Waals surface area contributed by atoms with Gasteiger partial charge in [0.05, 0.1) is 0 Å². The Bertz CT molecular complexity index is 307. The Morgan fingerprint density at radius 1 is 1.11 bits per heavy atom. The van der Waals surface area contributed by atoms with E-state index in [0.717, 1.165) is 13.1 Å². The van der Waals surface area contributed by atoms with E-state index >= 15 is 0 Å². The molecule has 1 fully saturated rings. The summed E-state index contributed by atoms with van der Waals surface area (Å²) >= 11 is 0. The Hall–Kier alpha value is -0.930. The van der Waals surface area contributed by atoms with E-state index in [0.29, 0.717) is 0 Å². The van der Waals surface area contributed by atoms with Crippen molar-refractivity contribution >= 4 is 0 Å². The number of likely N-dealkylation sites (tertiary alicyclic amines) is 1. The van der Waals surface area contributed by atoms with Crippen LogP contribution in [0.3, 0.4) is 0 Å². The van der Waals surface area contributed by atoms with Gasteiger partial charge in [0.25, 0.3) is 0 Å². The Balaban J connectivity index is 1.46. The summed E-state index contributed by atoms with van der Waals surface area (Å²) in [5.41, 5.74) is 1.32. The number of hydrogen-bond acceptors (Lipinski definition) is 3. The van der Waals surface area contributed by atoms with Crippen LogP contribution in [0, 0.1) is 6.42 Å². The molecule has 1 aliphatic rings. The van der Waals surface area contributed by atoms with Crippen molar-refractivity contribution in [2.75, 3.05) is 26.2 Å². The zero-order chi connectivity index (χ0) is 12.5. The Morgan fingerprint density at radius 3 is 2.67 bits per heavy atom. The van der Waals surface area contributed by atoms with E-state index < -0.39 is 0 Å². The lowest BCUT2D eigenvalue weighted by Gasteiger charge is -2.26. The number of aromatic nitrogens is 1. The standard InChI is InChI=1S/C15H24N3/c1-3-11-18(12-4-1)13-5-2-8-17-14-15-6-9-16-10-7-15/h1,6-7,9-10,17H,2-5,8,11-14H2. The number of piperidine rings is 1. The van der Waals surface area contributed by atoms with Gasteiger partial charge in [-0.3, -0.25) is 4.98 Å². The SMILES string of the molecule is [CH]1CCN(CCCCNCc2ccncc2)CC1. The molecule has 18 heavy (non-hydrogen) atoms. The second-order valence-electron chi connectivity index (χ2n) is 4.95. The Labute approximate surface area is 111 Å². The third-order valence-electron chi connectivity index (χ3n) is 3.46. The molecule has 2 rings (SSSR count). The fourth-order valence-electron chi connectivity index (χ4n) is 2.35. The average Bonchev–Trinajstić information content (AvgIpc) is 2.45. The topological polar surface area (TPSA) is 28.2 Å². The van der Waals surface area contributed by atoms with E-state index in [1.165, 1.54) is 50.9 Å². The monoisotopic (exact) mass is 246 g/mol. The minimum absolute atomic E-state index is 0.960. The van der Waals surface area contributed by atoms with Gasteiger partial charge in [-0.15, -0.1) is 0 Å². The first-order chi connectivity index (χ1) is 8.95. The first-order valence-corrected chi connectivity index (χ1v) is 7.09. The van der Waals surface area contributed by atoms with Crippen LogP contribution in [-0.4, -0.2) is 36.1 Å². The van der Waals surface area contributed by atoms with Gasteiger partial charge in [0.2, 0.25) is 0 Å². The first-order valence-electron chi connectivity index (χ1n) is 7.09. The zero-order valence-electron chi connectivity index (χ0n) is 11.1. The molecule has 99 valence electrons. The summed E-state index contributed by atoms with van der Waals surface area (Å²) in [7, 11) is 0. The van der Waals surface area contributed by atoms with E-state index in [2.05, 4.69) is 33.8 Å². The van der Waals surface area contributed by atoms with Gasteiger partial charge >= 0.3 is 0 Å². The summed E-state index contributed by atoms with van der Waals surface area (Å²) in [6, 6.07) is 4.13. The van der Waals surface area contributed by atoms with Crippen molar-refractivity contribution in [1.82, 2.24) is 15.2 Å². The van der Waals surface area contributed by atoms with Crippen LogP contribution in [0.4, 0.5) is 0 Å². The van der Waals surface area contributed by atoms with Crippen LogP contribution in [-0.2, 0) is 6.54 Å². The largest absolute Gasteiger partial charge is 0.313 e. The minimum Gasteiger partial charge on any atom is -0.313 e. The molecule has 1 aromatic rings. The highest BCUT2D eigenvalue weighted by atomic mass is 15.1. The molecule has 0 bridgehead atoms. The Morgan fingerprint density at radius 2 is 1.89 bits per heavy atom. The molecule has 0 amide bonds. The second kappa shape index (κ2) is 8.22. The quantitative estimate of drug-likeness (QED) is 0.748. The number of nitrogens with one attached hydrogen (secondary N) is 1. The molecule has 1 aromatic heterocycles. The van der Waals surface area contributed by atoms with E-state index in [1.807, 2.05) is 12.4 Å². The predicted octanol–water partition coefficient (Wildman–Crippen LogP) is 2.25. The molecule has 0 saturated carbocycles. The molecule has 1 radical (unpaired) electrons. The summed E-state index contributed by atoms with van der Waals surface area (Å²) in [5, 5.41) is 3.49. The van der Waals surface area contributed by atoms with Crippen LogP contribution in [0.5, 0.6) is 0 Å². The Kier molecular flexibility index (Phi) is 6.17. The van der Waals surface area contributed by atoms with Gasteiger partial charge in [-0.1, -0.05) is 0 Å². The van der Waals surface area contributed by atoms with Gasteiger partial charge in [-0.05, 0) is 76.0 Å². The highest BCUT2D eigenvalue weighted by Crippen LogP contribution is 2.08. The molecule has 0 atom stereocenters. The smallest absolute Gasteiger partial charge is 0.0271 e. The van der Waals surface area contributed by atoms with Crippen molar-refractivity contribution in [2.24, 2.45) is 0 Å². The molecule has 3 heteroatoms.